The van der Waals surface area contributed by atoms with E-state index in [1.807, 2.05) is 18.2 Å². The average Bonchev–Trinajstić information content (AvgIpc) is 3.40. The largest absolute Gasteiger partial charge is 0.508 e. The molecule has 0 aromatic heterocycles. The second kappa shape index (κ2) is 7.41. The van der Waals surface area contributed by atoms with Gasteiger partial charge in [0.05, 0.1) is 17.5 Å². The molecule has 2 saturated heterocycles. The van der Waals surface area contributed by atoms with Crippen LogP contribution in [-0.2, 0) is 26.3 Å². The van der Waals surface area contributed by atoms with Gasteiger partial charge in [-0.25, -0.2) is 4.90 Å². The van der Waals surface area contributed by atoms with Crippen molar-refractivity contribution in [2.75, 3.05) is 10.2 Å². The van der Waals surface area contributed by atoms with Crippen LogP contribution in [0.2, 0.25) is 5.02 Å². The maximum Gasteiger partial charge on any atom is 0.250 e. The van der Waals surface area contributed by atoms with Gasteiger partial charge in [0.1, 0.15) is 11.3 Å². The molecular weight excluding hydrogens is 454 g/mol. The van der Waals surface area contributed by atoms with E-state index in [0.717, 1.165) is 5.56 Å². The number of fused-ring (bicyclic) bond motifs is 4. The van der Waals surface area contributed by atoms with Crippen LogP contribution in [0.15, 0.2) is 72.8 Å². The van der Waals surface area contributed by atoms with E-state index >= 15 is 0 Å². The summed E-state index contributed by atoms with van der Waals surface area (Å²) in [5.41, 5.74) is 1.20. The zero-order valence-corrected chi connectivity index (χ0v) is 18.6. The Morgan fingerprint density at radius 1 is 0.941 bits per heavy atom. The zero-order valence-electron chi connectivity index (χ0n) is 17.9. The molecule has 1 spiro atoms. The number of phenols is 1. The van der Waals surface area contributed by atoms with Crippen LogP contribution in [0.3, 0.4) is 0 Å². The van der Waals surface area contributed by atoms with Crippen molar-refractivity contribution in [3.05, 3.63) is 88.9 Å². The minimum Gasteiger partial charge on any atom is -0.508 e. The van der Waals surface area contributed by atoms with Crippen LogP contribution in [0.4, 0.5) is 11.4 Å². The van der Waals surface area contributed by atoms with Gasteiger partial charge in [0, 0.05) is 22.3 Å². The first kappa shape index (κ1) is 20.9. The second-order valence-electron chi connectivity index (χ2n) is 8.92. The topological polar surface area (TPSA) is 98.7 Å². The first-order valence-corrected chi connectivity index (χ1v) is 11.4. The third kappa shape index (κ3) is 2.84. The van der Waals surface area contributed by atoms with Gasteiger partial charge in [0.2, 0.25) is 17.7 Å². The summed E-state index contributed by atoms with van der Waals surface area (Å²) in [6, 6.07) is 20.1. The Morgan fingerprint density at radius 2 is 1.71 bits per heavy atom. The van der Waals surface area contributed by atoms with Crippen LogP contribution in [0.5, 0.6) is 5.75 Å². The number of para-hydroxylation sites is 1. The summed E-state index contributed by atoms with van der Waals surface area (Å²) in [5.74, 6) is -2.65. The van der Waals surface area contributed by atoms with Crippen molar-refractivity contribution < 1.29 is 19.5 Å². The van der Waals surface area contributed by atoms with E-state index in [9.17, 15) is 19.5 Å². The van der Waals surface area contributed by atoms with Gasteiger partial charge >= 0.3 is 0 Å². The van der Waals surface area contributed by atoms with E-state index in [4.69, 9.17) is 11.6 Å². The van der Waals surface area contributed by atoms with Crippen molar-refractivity contribution in [2.45, 2.75) is 18.0 Å². The number of hydrogen-bond donors (Lipinski definition) is 3. The number of nitrogens with one attached hydrogen (secondary N) is 2. The molecule has 7 nitrogen and oxygen atoms in total. The first-order chi connectivity index (χ1) is 16.4. The average molecular weight is 474 g/mol. The SMILES string of the molecule is O=C1[C@@H]2[C@H](Cc3ccc(O)cc3)N[C@]3(C(=O)Nc4ccccc43)[C@H]2C(=O)N1c1cccc(Cl)c1. The molecule has 0 saturated carbocycles. The third-order valence-corrected chi connectivity index (χ3v) is 7.32. The van der Waals surface area contributed by atoms with E-state index < -0.39 is 29.3 Å². The zero-order chi connectivity index (χ0) is 23.6. The number of phenolic OH excluding ortho intramolecular Hbond substituents is 1. The lowest BCUT2D eigenvalue weighted by Gasteiger charge is -2.29. The predicted molar refractivity (Wildman–Crippen MR) is 126 cm³/mol. The molecule has 6 rings (SSSR count). The van der Waals surface area contributed by atoms with Gasteiger partial charge in [-0.3, -0.25) is 19.7 Å². The maximum atomic E-state index is 13.9. The molecule has 3 heterocycles. The van der Waals surface area contributed by atoms with Gasteiger partial charge in [0.25, 0.3) is 0 Å². The molecule has 3 aromatic rings. The molecule has 3 N–H and O–H groups in total. The summed E-state index contributed by atoms with van der Waals surface area (Å²) >= 11 is 6.15. The van der Waals surface area contributed by atoms with E-state index in [2.05, 4.69) is 10.6 Å². The number of imide groups is 1. The molecular formula is C26H20ClN3O4. The molecule has 0 bridgehead atoms. The highest BCUT2D eigenvalue weighted by Crippen LogP contribution is 2.53. The van der Waals surface area contributed by atoms with Crippen LogP contribution in [-0.4, -0.2) is 28.9 Å². The Morgan fingerprint density at radius 3 is 2.47 bits per heavy atom. The van der Waals surface area contributed by atoms with Crippen LogP contribution in [0.1, 0.15) is 11.1 Å². The summed E-state index contributed by atoms with van der Waals surface area (Å²) in [7, 11) is 0. The Balaban J connectivity index is 1.49. The molecule has 0 radical (unpaired) electrons. The van der Waals surface area contributed by atoms with Gasteiger partial charge < -0.3 is 10.4 Å². The summed E-state index contributed by atoms with van der Waals surface area (Å²) < 4.78 is 0. The predicted octanol–water partition coefficient (Wildman–Crippen LogP) is 3.21. The normalized spacial score (nSPS) is 27.3. The Hall–Kier alpha value is -3.68. The molecule has 3 aliphatic heterocycles. The maximum absolute atomic E-state index is 13.9. The molecule has 8 heteroatoms. The molecule has 4 atom stereocenters. The standard InChI is InChI=1S/C26H20ClN3O4/c27-15-4-3-5-16(13-15)30-23(32)21-20(12-14-8-10-17(31)11-9-14)29-26(22(21)24(30)33)18-6-1-2-7-19(18)28-25(26)34/h1-11,13,20-22,29,31H,12H2,(H,28,34)/t20-,21+,22+,26-/m0/s1. The lowest BCUT2D eigenvalue weighted by molar-refractivity contribution is -0.130. The highest BCUT2D eigenvalue weighted by Gasteiger charge is 2.70. The smallest absolute Gasteiger partial charge is 0.250 e. The Kier molecular flexibility index (Phi) is 4.56. The van der Waals surface area contributed by atoms with Gasteiger partial charge in [-0.15, -0.1) is 0 Å². The number of nitrogens with zero attached hydrogens (tertiary/aromatic N) is 1. The van der Waals surface area contributed by atoms with Crippen molar-refractivity contribution in [2.24, 2.45) is 11.8 Å². The number of hydrogen-bond acceptors (Lipinski definition) is 5. The van der Waals surface area contributed by atoms with E-state index in [1.54, 1.807) is 54.6 Å². The van der Waals surface area contributed by atoms with Crippen molar-refractivity contribution in [1.82, 2.24) is 5.32 Å². The Bertz CT molecular complexity index is 1360. The molecule has 0 aliphatic carbocycles. The fourth-order valence-corrected chi connectivity index (χ4v) is 5.87. The highest BCUT2D eigenvalue weighted by molar-refractivity contribution is 6.31. The second-order valence-corrected chi connectivity index (χ2v) is 9.36. The fourth-order valence-electron chi connectivity index (χ4n) is 5.69. The molecule has 34 heavy (non-hydrogen) atoms. The molecule has 0 unspecified atom stereocenters. The lowest BCUT2D eigenvalue weighted by atomic mass is 9.76. The molecule has 3 amide bonds. The number of amides is 3. The van der Waals surface area contributed by atoms with Crippen molar-refractivity contribution >= 4 is 40.7 Å². The number of rotatable bonds is 3. The van der Waals surface area contributed by atoms with Crippen LogP contribution < -0.4 is 15.5 Å². The van der Waals surface area contributed by atoms with Gasteiger partial charge in [0.15, 0.2) is 0 Å². The first-order valence-electron chi connectivity index (χ1n) is 11.0. The minimum absolute atomic E-state index is 0.140. The van der Waals surface area contributed by atoms with Gasteiger partial charge in [-0.1, -0.05) is 48.0 Å². The molecule has 3 aromatic carbocycles. The van der Waals surface area contributed by atoms with Crippen LogP contribution in [0.25, 0.3) is 0 Å². The van der Waals surface area contributed by atoms with Crippen molar-refractivity contribution in [3.63, 3.8) is 0 Å². The molecule has 2 fully saturated rings. The number of carbonyl (C=O) groups is 3. The van der Waals surface area contributed by atoms with Crippen molar-refractivity contribution in [1.29, 1.82) is 0 Å². The number of carbonyl (C=O) groups excluding carboxylic acids is 3. The molecule has 170 valence electrons. The van der Waals surface area contributed by atoms with Crippen LogP contribution >= 0.6 is 11.6 Å². The van der Waals surface area contributed by atoms with Gasteiger partial charge in [-0.2, -0.15) is 0 Å². The minimum atomic E-state index is -1.36. The summed E-state index contributed by atoms with van der Waals surface area (Å²) in [4.78, 5) is 42.3. The lowest BCUT2D eigenvalue weighted by Crippen LogP contribution is -2.53. The number of anilines is 2. The highest BCUT2D eigenvalue weighted by atomic mass is 35.5. The summed E-state index contributed by atoms with van der Waals surface area (Å²) in [6.07, 6.45) is 0.404. The Labute approximate surface area is 200 Å². The quantitative estimate of drug-likeness (QED) is 0.507. The van der Waals surface area contributed by atoms with Crippen LogP contribution in [0, 0.1) is 11.8 Å². The number of aromatic hydroxyl groups is 1. The third-order valence-electron chi connectivity index (χ3n) is 7.08. The number of halogens is 1. The van der Waals surface area contributed by atoms with Gasteiger partial charge in [-0.05, 0) is 48.4 Å². The summed E-state index contributed by atoms with van der Waals surface area (Å²) in [6.45, 7) is 0. The summed E-state index contributed by atoms with van der Waals surface area (Å²) in [5, 5.41) is 16.4. The van der Waals surface area contributed by atoms with E-state index in [1.165, 1.54) is 4.90 Å². The monoisotopic (exact) mass is 473 g/mol. The molecule has 3 aliphatic rings. The van der Waals surface area contributed by atoms with E-state index in [-0.39, 0.29) is 17.6 Å². The fraction of sp³-hybridized carbons (Fsp3) is 0.192. The van der Waals surface area contributed by atoms with Crippen molar-refractivity contribution in [3.8, 4) is 5.75 Å². The van der Waals surface area contributed by atoms with E-state index in [0.29, 0.717) is 28.4 Å². The number of benzene rings is 3.